The first kappa shape index (κ1) is 15.0. The Morgan fingerprint density at radius 2 is 1.89 bits per heavy atom. The Kier molecular flexibility index (Phi) is 4.80. The van der Waals surface area contributed by atoms with Crippen molar-refractivity contribution in [3.05, 3.63) is 29.3 Å². The normalized spacial score (nSPS) is 13.5. The summed E-state index contributed by atoms with van der Waals surface area (Å²) in [7, 11) is 2.15. The van der Waals surface area contributed by atoms with Crippen LogP contribution >= 0.6 is 0 Å². The predicted octanol–water partition coefficient (Wildman–Crippen LogP) is 3.32. The van der Waals surface area contributed by atoms with Crippen LogP contribution in [0.25, 0.3) is 0 Å². The molecule has 2 N–H and O–H groups in total. The van der Waals surface area contributed by atoms with Gasteiger partial charge in [0.1, 0.15) is 0 Å². The molecule has 0 heterocycles. The van der Waals surface area contributed by atoms with Crippen LogP contribution < -0.4 is 10.6 Å². The lowest BCUT2D eigenvalue weighted by atomic mass is 9.86. The summed E-state index contributed by atoms with van der Waals surface area (Å²) in [6.07, 6.45) is 0. The number of nitrogens with two attached hydrogens (primary N) is 1. The maximum Gasteiger partial charge on any atom is 0.0396 e. The highest BCUT2D eigenvalue weighted by Gasteiger charge is 2.16. The summed E-state index contributed by atoms with van der Waals surface area (Å²) in [4.78, 5) is 2.32. The van der Waals surface area contributed by atoms with Crippen molar-refractivity contribution in [1.82, 2.24) is 0 Å². The zero-order chi connectivity index (χ0) is 13.9. The lowest BCUT2D eigenvalue weighted by Gasteiger charge is -2.27. The lowest BCUT2D eigenvalue weighted by molar-refractivity contribution is 0.582. The molecule has 0 fully saturated rings. The smallest absolute Gasteiger partial charge is 0.0396 e. The maximum atomic E-state index is 5.71. The SMILES string of the molecule is Cc1ccc(C(C)(C)C)cc1N(C)CC(C)CN. The van der Waals surface area contributed by atoms with E-state index in [1.54, 1.807) is 0 Å². The monoisotopic (exact) mass is 248 g/mol. The van der Waals surface area contributed by atoms with Gasteiger partial charge in [0.2, 0.25) is 0 Å². The molecule has 0 saturated carbocycles. The number of hydrogen-bond donors (Lipinski definition) is 1. The highest BCUT2D eigenvalue weighted by atomic mass is 15.1. The summed E-state index contributed by atoms with van der Waals surface area (Å²) in [6, 6.07) is 6.77. The van der Waals surface area contributed by atoms with Gasteiger partial charge in [-0.1, -0.05) is 39.8 Å². The number of benzene rings is 1. The molecule has 0 aliphatic carbocycles. The lowest BCUT2D eigenvalue weighted by Crippen LogP contribution is -2.29. The van der Waals surface area contributed by atoms with E-state index in [-0.39, 0.29) is 5.41 Å². The van der Waals surface area contributed by atoms with Gasteiger partial charge in [-0.25, -0.2) is 0 Å². The summed E-state index contributed by atoms with van der Waals surface area (Å²) >= 11 is 0. The van der Waals surface area contributed by atoms with Crippen LogP contribution in [-0.4, -0.2) is 20.1 Å². The molecule has 0 radical (unpaired) electrons. The average Bonchev–Trinajstić information content (AvgIpc) is 2.27. The highest BCUT2D eigenvalue weighted by molar-refractivity contribution is 5.55. The Bertz CT molecular complexity index is 391. The van der Waals surface area contributed by atoms with Gasteiger partial charge in [0, 0.05) is 19.3 Å². The fraction of sp³-hybridized carbons (Fsp3) is 0.625. The molecule has 2 nitrogen and oxygen atoms in total. The summed E-state index contributed by atoms with van der Waals surface area (Å²) in [5, 5.41) is 0. The third-order valence-corrected chi connectivity index (χ3v) is 3.47. The molecule has 1 unspecified atom stereocenters. The second-order valence-corrected chi connectivity index (χ2v) is 6.47. The van der Waals surface area contributed by atoms with Crippen LogP contribution in [0.5, 0.6) is 0 Å². The average molecular weight is 248 g/mol. The topological polar surface area (TPSA) is 29.3 Å². The molecule has 0 amide bonds. The Morgan fingerprint density at radius 3 is 2.39 bits per heavy atom. The zero-order valence-electron chi connectivity index (χ0n) is 12.7. The van der Waals surface area contributed by atoms with Gasteiger partial charge in [0.25, 0.3) is 0 Å². The van der Waals surface area contributed by atoms with Gasteiger partial charge in [0.15, 0.2) is 0 Å². The van der Waals surface area contributed by atoms with Crippen molar-refractivity contribution in [3.63, 3.8) is 0 Å². The van der Waals surface area contributed by atoms with Crippen LogP contribution in [0.2, 0.25) is 0 Å². The van der Waals surface area contributed by atoms with Crippen LogP contribution in [0.3, 0.4) is 0 Å². The maximum absolute atomic E-state index is 5.71. The van der Waals surface area contributed by atoms with Crippen molar-refractivity contribution >= 4 is 5.69 Å². The van der Waals surface area contributed by atoms with Crippen molar-refractivity contribution in [1.29, 1.82) is 0 Å². The van der Waals surface area contributed by atoms with E-state index in [2.05, 4.69) is 64.8 Å². The number of rotatable bonds is 4. The minimum Gasteiger partial charge on any atom is -0.374 e. The third-order valence-electron chi connectivity index (χ3n) is 3.47. The van der Waals surface area contributed by atoms with Crippen molar-refractivity contribution in [2.24, 2.45) is 11.7 Å². The van der Waals surface area contributed by atoms with Gasteiger partial charge in [-0.15, -0.1) is 0 Å². The van der Waals surface area contributed by atoms with Crippen molar-refractivity contribution in [2.45, 2.75) is 40.0 Å². The Hall–Kier alpha value is -1.02. The van der Waals surface area contributed by atoms with E-state index in [1.807, 2.05) is 0 Å². The highest BCUT2D eigenvalue weighted by Crippen LogP contribution is 2.28. The largest absolute Gasteiger partial charge is 0.374 e. The van der Waals surface area contributed by atoms with Gasteiger partial charge in [-0.2, -0.15) is 0 Å². The van der Waals surface area contributed by atoms with Crippen molar-refractivity contribution in [2.75, 3.05) is 25.0 Å². The van der Waals surface area contributed by atoms with Crippen LogP contribution in [0, 0.1) is 12.8 Å². The summed E-state index contributed by atoms with van der Waals surface area (Å²) in [6.45, 7) is 12.9. The van der Waals surface area contributed by atoms with Gasteiger partial charge < -0.3 is 10.6 Å². The predicted molar refractivity (Wildman–Crippen MR) is 81.4 cm³/mol. The molecule has 1 rings (SSSR count). The molecule has 0 aromatic heterocycles. The minimum absolute atomic E-state index is 0.197. The molecule has 0 aliphatic heterocycles. The number of anilines is 1. The standard InChI is InChI=1S/C16H28N2/c1-12(10-17)11-18(6)15-9-14(16(3,4)5)8-7-13(15)2/h7-9,12H,10-11,17H2,1-6H3. The molecule has 1 aromatic rings. The summed E-state index contributed by atoms with van der Waals surface area (Å²) in [5.41, 5.74) is 9.94. The minimum atomic E-state index is 0.197. The van der Waals surface area contributed by atoms with Gasteiger partial charge in [-0.3, -0.25) is 0 Å². The molecule has 18 heavy (non-hydrogen) atoms. The summed E-state index contributed by atoms with van der Waals surface area (Å²) < 4.78 is 0. The first-order valence-corrected chi connectivity index (χ1v) is 6.78. The van der Waals surface area contributed by atoms with Crippen LogP contribution in [0.15, 0.2) is 18.2 Å². The van der Waals surface area contributed by atoms with E-state index >= 15 is 0 Å². The van der Waals surface area contributed by atoms with Gasteiger partial charge in [-0.05, 0) is 42.0 Å². The number of hydrogen-bond acceptors (Lipinski definition) is 2. The Balaban J connectivity index is 3.00. The number of aryl methyl sites for hydroxylation is 1. The fourth-order valence-corrected chi connectivity index (χ4v) is 2.13. The molecule has 1 atom stereocenters. The Morgan fingerprint density at radius 1 is 1.28 bits per heavy atom. The van der Waals surface area contributed by atoms with Crippen LogP contribution in [0.4, 0.5) is 5.69 Å². The second kappa shape index (κ2) is 5.75. The van der Waals surface area contributed by atoms with Gasteiger partial charge >= 0.3 is 0 Å². The van der Waals surface area contributed by atoms with E-state index in [4.69, 9.17) is 5.73 Å². The van der Waals surface area contributed by atoms with Gasteiger partial charge in [0.05, 0.1) is 0 Å². The molecule has 0 bridgehead atoms. The quantitative estimate of drug-likeness (QED) is 0.885. The van der Waals surface area contributed by atoms with Crippen LogP contribution in [-0.2, 0) is 5.41 Å². The molecule has 0 spiro atoms. The van der Waals surface area contributed by atoms with E-state index in [0.29, 0.717) is 5.92 Å². The Labute approximate surface area is 112 Å². The van der Waals surface area contributed by atoms with E-state index in [9.17, 15) is 0 Å². The molecular formula is C16H28N2. The third kappa shape index (κ3) is 3.74. The molecular weight excluding hydrogens is 220 g/mol. The van der Waals surface area contributed by atoms with Crippen molar-refractivity contribution in [3.8, 4) is 0 Å². The second-order valence-electron chi connectivity index (χ2n) is 6.47. The first-order chi connectivity index (χ1) is 8.25. The first-order valence-electron chi connectivity index (χ1n) is 6.78. The fourth-order valence-electron chi connectivity index (χ4n) is 2.13. The summed E-state index contributed by atoms with van der Waals surface area (Å²) in [5.74, 6) is 0.521. The molecule has 0 aliphatic rings. The molecule has 0 saturated heterocycles. The molecule has 102 valence electrons. The van der Waals surface area contributed by atoms with E-state index in [0.717, 1.165) is 13.1 Å². The molecule has 2 heteroatoms. The van der Waals surface area contributed by atoms with E-state index < -0.39 is 0 Å². The molecule has 1 aromatic carbocycles. The van der Waals surface area contributed by atoms with Crippen LogP contribution in [0.1, 0.15) is 38.8 Å². The zero-order valence-corrected chi connectivity index (χ0v) is 12.7. The van der Waals surface area contributed by atoms with E-state index in [1.165, 1.54) is 16.8 Å². The number of nitrogens with zero attached hydrogens (tertiary/aromatic N) is 1. The van der Waals surface area contributed by atoms with Crippen molar-refractivity contribution < 1.29 is 0 Å².